The zero-order valence-corrected chi connectivity index (χ0v) is 13.0. The molecule has 0 fully saturated rings. The zero-order valence-electron chi connectivity index (χ0n) is 13.0. The number of nitrogens with zero attached hydrogens (tertiary/aromatic N) is 2. The number of phenolic OH excluding ortho intramolecular Hbond substituents is 1. The van der Waals surface area contributed by atoms with Crippen molar-refractivity contribution in [3.05, 3.63) is 41.5 Å². The van der Waals surface area contributed by atoms with Gasteiger partial charge in [-0.2, -0.15) is 4.98 Å². The second kappa shape index (κ2) is 6.26. The molecule has 0 bridgehead atoms. The van der Waals surface area contributed by atoms with E-state index < -0.39 is 0 Å². The first-order valence-electron chi connectivity index (χ1n) is 7.12. The predicted molar refractivity (Wildman–Crippen MR) is 79.0 cm³/mol. The van der Waals surface area contributed by atoms with Gasteiger partial charge in [0.25, 0.3) is 0 Å². The Morgan fingerprint density at radius 3 is 2.71 bits per heavy atom. The molecule has 1 heterocycles. The molecular formula is C16H22N2O3. The van der Waals surface area contributed by atoms with Gasteiger partial charge < -0.3 is 14.4 Å². The van der Waals surface area contributed by atoms with Crippen LogP contribution in [0.15, 0.2) is 28.8 Å². The number of ether oxygens (including phenoxy) is 1. The maximum Gasteiger partial charge on any atom is 0.231 e. The molecule has 0 radical (unpaired) electrons. The van der Waals surface area contributed by atoms with Gasteiger partial charge in [-0.1, -0.05) is 38.1 Å². The Bertz CT molecular complexity index is 587. The van der Waals surface area contributed by atoms with E-state index in [-0.39, 0.29) is 17.3 Å². The molecule has 21 heavy (non-hydrogen) atoms. The number of phenols is 1. The number of hydrogen-bond donors (Lipinski definition) is 1. The van der Waals surface area contributed by atoms with Crippen molar-refractivity contribution in [2.75, 3.05) is 6.61 Å². The van der Waals surface area contributed by atoms with E-state index in [1.807, 2.05) is 13.0 Å². The minimum absolute atomic E-state index is 0.109. The largest absolute Gasteiger partial charge is 0.508 e. The van der Waals surface area contributed by atoms with Crippen LogP contribution in [0.3, 0.4) is 0 Å². The molecule has 1 atom stereocenters. The summed E-state index contributed by atoms with van der Waals surface area (Å²) in [4.78, 5) is 4.44. The van der Waals surface area contributed by atoms with Crippen LogP contribution < -0.4 is 0 Å². The van der Waals surface area contributed by atoms with E-state index in [1.54, 1.807) is 18.2 Å². The highest BCUT2D eigenvalue weighted by molar-refractivity contribution is 5.28. The molecule has 2 rings (SSSR count). The van der Waals surface area contributed by atoms with E-state index in [2.05, 4.69) is 30.9 Å². The van der Waals surface area contributed by atoms with E-state index in [1.165, 1.54) is 0 Å². The summed E-state index contributed by atoms with van der Waals surface area (Å²) >= 11 is 0. The fraction of sp³-hybridized carbons (Fsp3) is 0.500. The lowest BCUT2D eigenvalue weighted by Crippen LogP contribution is -2.22. The highest BCUT2D eigenvalue weighted by atomic mass is 16.5. The summed E-state index contributed by atoms with van der Waals surface area (Å²) in [5, 5.41) is 13.5. The van der Waals surface area contributed by atoms with Gasteiger partial charge in [0, 0.05) is 6.61 Å². The van der Waals surface area contributed by atoms with Crippen LogP contribution in [-0.2, 0) is 11.2 Å². The topological polar surface area (TPSA) is 68.4 Å². The molecule has 0 aliphatic carbocycles. The monoisotopic (exact) mass is 290 g/mol. The van der Waals surface area contributed by atoms with Crippen molar-refractivity contribution in [2.45, 2.75) is 40.2 Å². The molecule has 5 nitrogen and oxygen atoms in total. The third-order valence-corrected chi connectivity index (χ3v) is 3.10. The Balaban J connectivity index is 2.17. The summed E-state index contributed by atoms with van der Waals surface area (Å²) in [6, 6.07) is 7.02. The molecule has 1 unspecified atom stereocenters. The van der Waals surface area contributed by atoms with Crippen molar-refractivity contribution in [3.63, 3.8) is 0 Å². The van der Waals surface area contributed by atoms with Crippen LogP contribution in [0.25, 0.3) is 0 Å². The van der Waals surface area contributed by atoms with Gasteiger partial charge in [-0.05, 0) is 30.0 Å². The highest BCUT2D eigenvalue weighted by Gasteiger charge is 2.31. The van der Waals surface area contributed by atoms with Crippen molar-refractivity contribution in [3.8, 4) is 5.75 Å². The SMILES string of the molecule is CCOC(c1noc(Cc2cccc(O)c2)n1)C(C)(C)C. The van der Waals surface area contributed by atoms with Gasteiger partial charge in [0.05, 0.1) is 6.42 Å². The number of hydrogen-bond acceptors (Lipinski definition) is 5. The molecule has 0 saturated heterocycles. The van der Waals surface area contributed by atoms with Crippen LogP contribution in [0.5, 0.6) is 5.75 Å². The van der Waals surface area contributed by atoms with Crippen molar-refractivity contribution in [1.82, 2.24) is 10.1 Å². The fourth-order valence-corrected chi connectivity index (χ4v) is 2.17. The summed E-state index contributed by atoms with van der Waals surface area (Å²) in [5.74, 6) is 1.32. The number of aromatic hydroxyl groups is 1. The van der Waals surface area contributed by atoms with Gasteiger partial charge in [0.15, 0.2) is 0 Å². The summed E-state index contributed by atoms with van der Waals surface area (Å²) in [6.07, 6.45) is 0.286. The number of benzene rings is 1. The van der Waals surface area contributed by atoms with Crippen molar-refractivity contribution in [1.29, 1.82) is 0 Å². The first-order valence-corrected chi connectivity index (χ1v) is 7.12. The average Bonchev–Trinajstić information content (AvgIpc) is 2.82. The Labute approximate surface area is 125 Å². The average molecular weight is 290 g/mol. The maximum absolute atomic E-state index is 9.47. The van der Waals surface area contributed by atoms with E-state index >= 15 is 0 Å². The lowest BCUT2D eigenvalue weighted by Gasteiger charge is -2.27. The number of aromatic nitrogens is 2. The van der Waals surface area contributed by atoms with Crippen LogP contribution >= 0.6 is 0 Å². The van der Waals surface area contributed by atoms with Crippen molar-refractivity contribution >= 4 is 0 Å². The van der Waals surface area contributed by atoms with E-state index in [9.17, 15) is 5.11 Å². The molecule has 0 aliphatic heterocycles. The quantitative estimate of drug-likeness (QED) is 0.913. The molecular weight excluding hydrogens is 268 g/mol. The third kappa shape index (κ3) is 4.04. The van der Waals surface area contributed by atoms with Crippen LogP contribution in [0.4, 0.5) is 0 Å². The van der Waals surface area contributed by atoms with Crippen LogP contribution in [0, 0.1) is 5.41 Å². The Kier molecular flexibility index (Phi) is 4.63. The maximum atomic E-state index is 9.47. The van der Waals surface area contributed by atoms with Crippen molar-refractivity contribution in [2.24, 2.45) is 5.41 Å². The van der Waals surface area contributed by atoms with Gasteiger partial charge in [-0.25, -0.2) is 0 Å². The molecule has 0 spiro atoms. The van der Waals surface area contributed by atoms with E-state index in [4.69, 9.17) is 9.26 Å². The van der Waals surface area contributed by atoms with Crippen molar-refractivity contribution < 1.29 is 14.4 Å². The molecule has 5 heteroatoms. The molecule has 114 valence electrons. The van der Waals surface area contributed by atoms with E-state index in [0.717, 1.165) is 5.56 Å². The third-order valence-electron chi connectivity index (χ3n) is 3.10. The minimum atomic E-state index is -0.204. The van der Waals surface area contributed by atoms with Gasteiger partial charge in [-0.3, -0.25) is 0 Å². The Hall–Kier alpha value is -1.88. The zero-order chi connectivity index (χ0) is 15.5. The van der Waals surface area contributed by atoms with Crippen LogP contribution in [0.1, 0.15) is 51.1 Å². The molecule has 0 aliphatic rings. The highest BCUT2D eigenvalue weighted by Crippen LogP contribution is 2.34. The fourth-order valence-electron chi connectivity index (χ4n) is 2.17. The Morgan fingerprint density at radius 2 is 2.10 bits per heavy atom. The lowest BCUT2D eigenvalue weighted by atomic mass is 9.88. The van der Waals surface area contributed by atoms with Gasteiger partial charge >= 0.3 is 0 Å². The van der Waals surface area contributed by atoms with E-state index in [0.29, 0.717) is 24.7 Å². The molecule has 0 saturated carbocycles. The molecule has 1 aromatic heterocycles. The lowest BCUT2D eigenvalue weighted by molar-refractivity contribution is -0.0203. The van der Waals surface area contributed by atoms with Crippen LogP contribution in [0.2, 0.25) is 0 Å². The molecule has 1 N–H and O–H groups in total. The van der Waals surface area contributed by atoms with Crippen LogP contribution in [-0.4, -0.2) is 21.9 Å². The second-order valence-corrected chi connectivity index (χ2v) is 6.09. The second-order valence-electron chi connectivity index (χ2n) is 6.09. The minimum Gasteiger partial charge on any atom is -0.508 e. The summed E-state index contributed by atoms with van der Waals surface area (Å²) < 4.78 is 11.1. The summed E-state index contributed by atoms with van der Waals surface area (Å²) in [7, 11) is 0. The Morgan fingerprint density at radius 1 is 1.33 bits per heavy atom. The van der Waals surface area contributed by atoms with Gasteiger partial charge in [0.2, 0.25) is 11.7 Å². The normalized spacial score (nSPS) is 13.3. The summed E-state index contributed by atoms with van der Waals surface area (Å²) in [6.45, 7) is 8.79. The molecule has 1 aromatic carbocycles. The molecule has 2 aromatic rings. The van der Waals surface area contributed by atoms with Gasteiger partial charge in [0.1, 0.15) is 11.9 Å². The summed E-state index contributed by atoms with van der Waals surface area (Å²) in [5.41, 5.74) is 0.816. The first-order chi connectivity index (χ1) is 9.90. The molecule has 0 amide bonds. The first kappa shape index (κ1) is 15.5. The number of rotatable bonds is 5. The smallest absolute Gasteiger partial charge is 0.231 e. The standard InChI is InChI=1S/C16H22N2O3/c1-5-20-14(16(2,3)4)15-17-13(21-18-15)10-11-7-6-8-12(19)9-11/h6-9,14,19H,5,10H2,1-4H3. The predicted octanol–water partition coefficient (Wildman–Crippen LogP) is 3.49. The van der Waals surface area contributed by atoms with Gasteiger partial charge in [-0.15, -0.1) is 0 Å².